The molecule has 0 atom stereocenters. The molecule has 0 radical (unpaired) electrons. The largest absolute Gasteiger partial charge is 0.345 e. The van der Waals surface area contributed by atoms with E-state index in [2.05, 4.69) is 11.9 Å². The monoisotopic (exact) mass is 241 g/mol. The van der Waals surface area contributed by atoms with Crippen LogP contribution in [0.5, 0.6) is 0 Å². The fraction of sp³-hybridized carbons (Fsp3) is 0.923. The first-order valence-corrected chi connectivity index (χ1v) is 6.51. The van der Waals surface area contributed by atoms with Crippen LogP contribution in [-0.2, 0) is 4.79 Å². The highest BCUT2D eigenvalue weighted by atomic mass is 16.2. The molecule has 1 fully saturated rings. The summed E-state index contributed by atoms with van der Waals surface area (Å²) in [5, 5.41) is 0. The highest BCUT2D eigenvalue weighted by Crippen LogP contribution is 2.20. The van der Waals surface area contributed by atoms with Crippen LogP contribution in [0, 0.1) is 11.3 Å². The van der Waals surface area contributed by atoms with Crippen LogP contribution in [-0.4, -0.2) is 56.0 Å². The number of hydrogen-bond acceptors (Lipinski definition) is 3. The minimum absolute atomic E-state index is 0.166. The lowest BCUT2D eigenvalue weighted by molar-refractivity contribution is -0.139. The van der Waals surface area contributed by atoms with E-state index in [1.165, 1.54) is 12.8 Å². The zero-order valence-corrected chi connectivity index (χ0v) is 11.7. The molecule has 17 heavy (non-hydrogen) atoms. The van der Waals surface area contributed by atoms with E-state index in [9.17, 15) is 4.79 Å². The summed E-state index contributed by atoms with van der Waals surface area (Å²) in [7, 11) is 4.06. The number of nitrogens with zero attached hydrogens (tertiary/aromatic N) is 2. The van der Waals surface area contributed by atoms with E-state index in [0.29, 0.717) is 12.5 Å². The molecule has 0 aromatic carbocycles. The fourth-order valence-electron chi connectivity index (χ4n) is 2.32. The topological polar surface area (TPSA) is 49.6 Å². The van der Waals surface area contributed by atoms with Gasteiger partial charge in [0, 0.05) is 20.1 Å². The maximum Gasteiger partial charge on any atom is 0.229 e. The van der Waals surface area contributed by atoms with Crippen LogP contribution < -0.4 is 5.73 Å². The van der Waals surface area contributed by atoms with Crippen molar-refractivity contribution in [2.24, 2.45) is 17.1 Å². The molecule has 0 aromatic heterocycles. The van der Waals surface area contributed by atoms with Crippen LogP contribution in [0.1, 0.15) is 26.7 Å². The first-order chi connectivity index (χ1) is 7.86. The van der Waals surface area contributed by atoms with E-state index < -0.39 is 5.41 Å². The summed E-state index contributed by atoms with van der Waals surface area (Å²) >= 11 is 0. The number of amides is 1. The Morgan fingerprint density at radius 2 is 1.94 bits per heavy atom. The molecule has 4 heteroatoms. The summed E-state index contributed by atoms with van der Waals surface area (Å²) < 4.78 is 0. The van der Waals surface area contributed by atoms with Gasteiger partial charge >= 0.3 is 0 Å². The number of hydrogen-bond donors (Lipinski definition) is 1. The van der Waals surface area contributed by atoms with E-state index in [1.54, 1.807) is 0 Å². The molecule has 0 spiro atoms. The third-order valence-corrected chi connectivity index (χ3v) is 3.81. The summed E-state index contributed by atoms with van der Waals surface area (Å²) in [4.78, 5) is 16.4. The van der Waals surface area contributed by atoms with Crippen molar-refractivity contribution in [2.45, 2.75) is 26.7 Å². The van der Waals surface area contributed by atoms with Crippen LogP contribution in [0.3, 0.4) is 0 Å². The van der Waals surface area contributed by atoms with Crippen molar-refractivity contribution in [1.29, 1.82) is 0 Å². The van der Waals surface area contributed by atoms with E-state index in [-0.39, 0.29) is 5.91 Å². The summed E-state index contributed by atoms with van der Waals surface area (Å²) in [6, 6.07) is 0. The van der Waals surface area contributed by atoms with Gasteiger partial charge in [0.1, 0.15) is 0 Å². The Morgan fingerprint density at radius 1 is 1.41 bits per heavy atom. The molecular formula is C13H27N3O. The van der Waals surface area contributed by atoms with Crippen LogP contribution in [0.4, 0.5) is 0 Å². The average molecular weight is 241 g/mol. The van der Waals surface area contributed by atoms with Crippen molar-refractivity contribution in [3.63, 3.8) is 0 Å². The van der Waals surface area contributed by atoms with Gasteiger partial charge in [-0.15, -0.1) is 0 Å². The maximum atomic E-state index is 12.2. The van der Waals surface area contributed by atoms with Crippen LogP contribution in [0.25, 0.3) is 0 Å². The maximum absolute atomic E-state index is 12.2. The van der Waals surface area contributed by atoms with Crippen molar-refractivity contribution < 1.29 is 4.79 Å². The predicted molar refractivity (Wildman–Crippen MR) is 70.7 cm³/mol. The Bertz CT molecular complexity index is 257. The number of likely N-dealkylation sites (tertiary alicyclic amines) is 1. The van der Waals surface area contributed by atoms with Gasteiger partial charge in [-0.1, -0.05) is 0 Å². The van der Waals surface area contributed by atoms with Crippen LogP contribution in [0.2, 0.25) is 0 Å². The van der Waals surface area contributed by atoms with E-state index in [4.69, 9.17) is 5.73 Å². The molecule has 1 heterocycles. The molecular weight excluding hydrogens is 214 g/mol. The summed E-state index contributed by atoms with van der Waals surface area (Å²) in [6.07, 6.45) is 2.38. The molecule has 1 rings (SSSR count). The van der Waals surface area contributed by atoms with Crippen LogP contribution in [0.15, 0.2) is 0 Å². The standard InChI is InChI=1S/C13H27N3O/c1-13(2,10-14)12(17)16(4)9-11-5-7-15(3)8-6-11/h11H,5-10,14H2,1-4H3. The Balaban J connectivity index is 2.44. The molecule has 0 saturated carbocycles. The minimum Gasteiger partial charge on any atom is -0.345 e. The zero-order valence-electron chi connectivity index (χ0n) is 11.7. The van der Waals surface area contributed by atoms with E-state index in [0.717, 1.165) is 19.6 Å². The predicted octanol–water partition coefficient (Wildman–Crippen LogP) is 0.772. The number of piperidine rings is 1. The Labute approximate surface area is 105 Å². The number of rotatable bonds is 4. The van der Waals surface area contributed by atoms with Crippen molar-refractivity contribution in [3.05, 3.63) is 0 Å². The van der Waals surface area contributed by atoms with Crippen molar-refractivity contribution in [1.82, 2.24) is 9.80 Å². The normalized spacial score (nSPS) is 19.4. The molecule has 100 valence electrons. The smallest absolute Gasteiger partial charge is 0.229 e. The molecule has 4 nitrogen and oxygen atoms in total. The second-order valence-corrected chi connectivity index (χ2v) is 6.02. The lowest BCUT2D eigenvalue weighted by Crippen LogP contribution is -2.45. The van der Waals surface area contributed by atoms with E-state index in [1.807, 2.05) is 25.8 Å². The van der Waals surface area contributed by atoms with Gasteiger partial charge in [0.2, 0.25) is 5.91 Å². The van der Waals surface area contributed by atoms with Gasteiger partial charge in [-0.3, -0.25) is 4.79 Å². The van der Waals surface area contributed by atoms with Crippen LogP contribution >= 0.6 is 0 Å². The average Bonchev–Trinajstić information content (AvgIpc) is 2.31. The van der Waals surface area contributed by atoms with Gasteiger partial charge in [0.05, 0.1) is 5.41 Å². The quantitative estimate of drug-likeness (QED) is 0.791. The number of carbonyl (C=O) groups excluding carboxylic acids is 1. The molecule has 1 aliphatic rings. The zero-order chi connectivity index (χ0) is 13.1. The highest BCUT2D eigenvalue weighted by Gasteiger charge is 2.30. The first kappa shape index (κ1) is 14.5. The number of nitrogens with two attached hydrogens (primary N) is 1. The van der Waals surface area contributed by atoms with Crippen molar-refractivity contribution in [2.75, 3.05) is 40.3 Å². The molecule has 0 unspecified atom stereocenters. The Morgan fingerprint density at radius 3 is 2.41 bits per heavy atom. The summed E-state index contributed by atoms with van der Waals surface area (Å²) in [6.45, 7) is 7.40. The van der Waals surface area contributed by atoms with Gasteiger partial charge in [0.25, 0.3) is 0 Å². The lowest BCUT2D eigenvalue weighted by Gasteiger charge is -2.34. The fourth-order valence-corrected chi connectivity index (χ4v) is 2.32. The second kappa shape index (κ2) is 5.83. The van der Waals surface area contributed by atoms with Gasteiger partial charge in [-0.25, -0.2) is 0 Å². The van der Waals surface area contributed by atoms with Crippen molar-refractivity contribution in [3.8, 4) is 0 Å². The van der Waals surface area contributed by atoms with Gasteiger partial charge in [-0.05, 0) is 52.7 Å². The lowest BCUT2D eigenvalue weighted by atomic mass is 9.90. The van der Waals surface area contributed by atoms with Gasteiger partial charge in [0.15, 0.2) is 0 Å². The molecule has 0 bridgehead atoms. The molecule has 0 aliphatic carbocycles. The second-order valence-electron chi connectivity index (χ2n) is 6.02. The molecule has 2 N–H and O–H groups in total. The third-order valence-electron chi connectivity index (χ3n) is 3.81. The van der Waals surface area contributed by atoms with Crippen molar-refractivity contribution >= 4 is 5.91 Å². The Kier molecular flexibility index (Phi) is 4.95. The highest BCUT2D eigenvalue weighted by molar-refractivity contribution is 5.81. The number of carbonyl (C=O) groups is 1. The third kappa shape index (κ3) is 3.96. The molecule has 0 aromatic rings. The Hall–Kier alpha value is -0.610. The SMILES string of the molecule is CN1CCC(CN(C)C(=O)C(C)(C)CN)CC1. The first-order valence-electron chi connectivity index (χ1n) is 6.51. The van der Waals surface area contributed by atoms with Gasteiger partial charge < -0.3 is 15.5 Å². The van der Waals surface area contributed by atoms with E-state index >= 15 is 0 Å². The summed E-state index contributed by atoms with van der Waals surface area (Å²) in [5.41, 5.74) is 5.21. The van der Waals surface area contributed by atoms with Gasteiger partial charge in [-0.2, -0.15) is 0 Å². The molecule has 1 amide bonds. The molecule has 1 aliphatic heterocycles. The minimum atomic E-state index is -0.430. The summed E-state index contributed by atoms with van der Waals surface area (Å²) in [5.74, 6) is 0.813. The molecule has 1 saturated heterocycles.